The van der Waals surface area contributed by atoms with E-state index in [4.69, 9.17) is 10.2 Å². The molecule has 0 aliphatic rings. The number of rotatable bonds is 8. The second-order valence-electron chi connectivity index (χ2n) is 4.05. The molecule has 17 heavy (non-hydrogen) atoms. The Bertz CT molecular complexity index is 359. The Morgan fingerprint density at radius 1 is 1.12 bits per heavy atom. The van der Waals surface area contributed by atoms with Gasteiger partial charge in [-0.15, -0.1) is 0 Å². The molecule has 0 aliphatic heterocycles. The van der Waals surface area contributed by atoms with Crippen molar-refractivity contribution in [3.05, 3.63) is 0 Å². The molecule has 100 valence electrons. The van der Waals surface area contributed by atoms with Crippen molar-refractivity contribution in [2.75, 3.05) is 18.8 Å². The summed E-state index contributed by atoms with van der Waals surface area (Å²) in [5, 5.41) is 17.1. The van der Waals surface area contributed by atoms with Gasteiger partial charge in [0, 0.05) is 0 Å². The molecule has 8 heteroatoms. The molecule has 0 aromatic carbocycles. The van der Waals surface area contributed by atoms with Crippen LogP contribution < -0.4 is 0 Å². The Kier molecular flexibility index (Phi) is 6.11. The fourth-order valence-corrected chi connectivity index (χ4v) is 2.71. The van der Waals surface area contributed by atoms with Gasteiger partial charge in [0.15, 0.2) is 0 Å². The molecule has 0 amide bonds. The molecule has 0 aromatic heterocycles. The Morgan fingerprint density at radius 2 is 1.53 bits per heavy atom. The van der Waals surface area contributed by atoms with Gasteiger partial charge >= 0.3 is 11.9 Å². The second-order valence-corrected chi connectivity index (χ2v) is 6.14. The van der Waals surface area contributed by atoms with E-state index in [0.717, 1.165) is 0 Å². The van der Waals surface area contributed by atoms with Crippen molar-refractivity contribution >= 4 is 22.0 Å². The molecule has 0 rings (SSSR count). The highest BCUT2D eigenvalue weighted by Gasteiger charge is 2.26. The van der Waals surface area contributed by atoms with E-state index < -0.39 is 35.1 Å². The molecule has 0 aliphatic carbocycles. The summed E-state index contributed by atoms with van der Waals surface area (Å²) in [5.41, 5.74) is 0. The quantitative estimate of drug-likeness (QED) is 0.631. The van der Waals surface area contributed by atoms with E-state index in [0.29, 0.717) is 10.7 Å². The lowest BCUT2D eigenvalue weighted by Gasteiger charge is -2.18. The van der Waals surface area contributed by atoms with Gasteiger partial charge in [0.05, 0.1) is 5.75 Å². The van der Waals surface area contributed by atoms with Gasteiger partial charge in [0.2, 0.25) is 10.0 Å². The van der Waals surface area contributed by atoms with Crippen molar-refractivity contribution < 1.29 is 28.2 Å². The fraction of sp³-hybridized carbons (Fsp3) is 0.778. The zero-order valence-electron chi connectivity index (χ0n) is 9.79. The minimum atomic E-state index is -3.84. The maximum absolute atomic E-state index is 11.7. The number of aliphatic carboxylic acids is 2. The van der Waals surface area contributed by atoms with Gasteiger partial charge in [-0.3, -0.25) is 9.59 Å². The first kappa shape index (κ1) is 15.9. The molecule has 7 nitrogen and oxygen atoms in total. The third-order valence-electron chi connectivity index (χ3n) is 1.97. The van der Waals surface area contributed by atoms with Crippen molar-refractivity contribution in [1.29, 1.82) is 0 Å². The Balaban J connectivity index is 4.76. The van der Waals surface area contributed by atoms with Crippen LogP contribution in [-0.4, -0.2) is 53.7 Å². The minimum Gasteiger partial charge on any atom is -0.480 e. The van der Waals surface area contributed by atoms with Crippen LogP contribution in [0.3, 0.4) is 0 Å². The zero-order valence-corrected chi connectivity index (χ0v) is 10.6. The van der Waals surface area contributed by atoms with Gasteiger partial charge in [0.1, 0.15) is 13.1 Å². The van der Waals surface area contributed by atoms with Crippen LogP contribution in [0.5, 0.6) is 0 Å². The first-order chi connectivity index (χ1) is 7.65. The topological polar surface area (TPSA) is 112 Å². The number of sulfonamides is 1. The van der Waals surface area contributed by atoms with Gasteiger partial charge in [-0.1, -0.05) is 13.8 Å². The number of hydrogen-bond acceptors (Lipinski definition) is 4. The summed E-state index contributed by atoms with van der Waals surface area (Å²) in [7, 11) is -3.84. The number of hydrogen-bond donors (Lipinski definition) is 2. The number of nitrogens with zero attached hydrogens (tertiary/aromatic N) is 1. The number of carboxylic acid groups (broad SMARTS) is 2. The molecular weight excluding hydrogens is 250 g/mol. The SMILES string of the molecule is CC(C)CCS(=O)(=O)N(CC(=O)O)CC(=O)O. The summed E-state index contributed by atoms with van der Waals surface area (Å²) in [6, 6.07) is 0. The van der Waals surface area contributed by atoms with Crippen LogP contribution in [0.25, 0.3) is 0 Å². The van der Waals surface area contributed by atoms with Crippen LogP contribution in [0.4, 0.5) is 0 Å². The second kappa shape index (κ2) is 6.55. The van der Waals surface area contributed by atoms with Crippen LogP contribution in [0.15, 0.2) is 0 Å². The van der Waals surface area contributed by atoms with Crippen molar-refractivity contribution in [2.45, 2.75) is 20.3 Å². The van der Waals surface area contributed by atoms with Crippen LogP contribution in [0.2, 0.25) is 0 Å². The summed E-state index contributed by atoms with van der Waals surface area (Å²) in [5.74, 6) is -2.86. The fourth-order valence-electron chi connectivity index (χ4n) is 1.07. The Hall–Kier alpha value is -1.15. The van der Waals surface area contributed by atoms with Gasteiger partial charge < -0.3 is 10.2 Å². The standard InChI is InChI=1S/C9H17NO6S/c1-7(2)3-4-17(15,16)10(5-8(11)12)6-9(13)14/h7H,3-6H2,1-2H3,(H,11,12)(H,13,14). The number of carboxylic acids is 2. The molecule has 0 bridgehead atoms. The minimum absolute atomic E-state index is 0.140. The first-order valence-electron chi connectivity index (χ1n) is 5.06. The van der Waals surface area contributed by atoms with E-state index in [-0.39, 0.29) is 11.7 Å². The molecule has 0 unspecified atom stereocenters. The lowest BCUT2D eigenvalue weighted by molar-refractivity contribution is -0.139. The van der Waals surface area contributed by atoms with Gasteiger partial charge in [-0.25, -0.2) is 8.42 Å². The average molecular weight is 267 g/mol. The Labute approximate surface area is 100 Å². The molecule has 0 saturated carbocycles. The summed E-state index contributed by atoms with van der Waals surface area (Å²) < 4.78 is 23.9. The van der Waals surface area contributed by atoms with Gasteiger partial charge in [-0.2, -0.15) is 4.31 Å². The summed E-state index contributed by atoms with van der Waals surface area (Å²) in [6.45, 7) is 2.00. The van der Waals surface area contributed by atoms with E-state index in [1.54, 1.807) is 0 Å². The molecule has 0 spiro atoms. The van der Waals surface area contributed by atoms with E-state index in [1.165, 1.54) is 0 Å². The van der Waals surface area contributed by atoms with Crippen molar-refractivity contribution in [3.8, 4) is 0 Å². The van der Waals surface area contributed by atoms with Crippen molar-refractivity contribution in [2.24, 2.45) is 5.92 Å². The maximum atomic E-state index is 11.7. The highest BCUT2D eigenvalue weighted by molar-refractivity contribution is 7.89. The van der Waals surface area contributed by atoms with Crippen LogP contribution in [0.1, 0.15) is 20.3 Å². The van der Waals surface area contributed by atoms with Gasteiger partial charge in [-0.05, 0) is 12.3 Å². The van der Waals surface area contributed by atoms with Crippen LogP contribution in [0, 0.1) is 5.92 Å². The maximum Gasteiger partial charge on any atom is 0.318 e. The van der Waals surface area contributed by atoms with E-state index >= 15 is 0 Å². The van der Waals surface area contributed by atoms with E-state index in [2.05, 4.69) is 0 Å². The largest absolute Gasteiger partial charge is 0.480 e. The van der Waals surface area contributed by atoms with Crippen LogP contribution >= 0.6 is 0 Å². The summed E-state index contributed by atoms with van der Waals surface area (Å²) >= 11 is 0. The van der Waals surface area contributed by atoms with Gasteiger partial charge in [0.25, 0.3) is 0 Å². The molecule has 0 radical (unpaired) electrons. The highest BCUT2D eigenvalue weighted by Crippen LogP contribution is 2.08. The molecular formula is C9H17NO6S. The molecule has 0 heterocycles. The lowest BCUT2D eigenvalue weighted by Crippen LogP contribution is -2.40. The first-order valence-corrected chi connectivity index (χ1v) is 6.67. The third kappa shape index (κ3) is 6.90. The average Bonchev–Trinajstić information content (AvgIpc) is 2.12. The lowest BCUT2D eigenvalue weighted by atomic mass is 10.2. The normalized spacial score (nSPS) is 12.0. The summed E-state index contributed by atoms with van der Waals surface area (Å²) in [4.78, 5) is 21.0. The highest BCUT2D eigenvalue weighted by atomic mass is 32.2. The molecule has 0 saturated heterocycles. The third-order valence-corrected chi connectivity index (χ3v) is 3.77. The van der Waals surface area contributed by atoms with E-state index in [9.17, 15) is 18.0 Å². The zero-order chi connectivity index (χ0) is 13.6. The Morgan fingerprint density at radius 3 is 1.82 bits per heavy atom. The van der Waals surface area contributed by atoms with E-state index in [1.807, 2.05) is 13.8 Å². The number of carbonyl (C=O) groups is 2. The predicted octanol–water partition coefficient (Wildman–Crippen LogP) is -0.166. The van der Waals surface area contributed by atoms with Crippen molar-refractivity contribution in [3.63, 3.8) is 0 Å². The summed E-state index contributed by atoms with van der Waals surface area (Å²) in [6.07, 6.45) is 0.359. The van der Waals surface area contributed by atoms with Crippen LogP contribution in [-0.2, 0) is 19.6 Å². The predicted molar refractivity (Wildman–Crippen MR) is 60.1 cm³/mol. The molecule has 0 fully saturated rings. The molecule has 2 N–H and O–H groups in total. The smallest absolute Gasteiger partial charge is 0.318 e. The molecule has 0 atom stereocenters. The monoisotopic (exact) mass is 267 g/mol. The van der Waals surface area contributed by atoms with Crippen molar-refractivity contribution in [1.82, 2.24) is 4.31 Å². The molecule has 0 aromatic rings.